The molecule has 0 bridgehead atoms. The van der Waals surface area contributed by atoms with Crippen molar-refractivity contribution in [1.82, 2.24) is 0 Å². The Kier molecular flexibility index (Phi) is 3.59. The first-order chi connectivity index (χ1) is 8.19. The van der Waals surface area contributed by atoms with Gasteiger partial charge in [0.15, 0.2) is 0 Å². The van der Waals surface area contributed by atoms with E-state index in [1.165, 1.54) is 11.8 Å². The van der Waals surface area contributed by atoms with Gasteiger partial charge in [-0.1, -0.05) is 24.8 Å². The van der Waals surface area contributed by atoms with Gasteiger partial charge in [0.05, 0.1) is 4.90 Å². The Labute approximate surface area is 105 Å². The smallest absolute Gasteiger partial charge is 0.129 e. The summed E-state index contributed by atoms with van der Waals surface area (Å²) in [4.78, 5) is 1.82. The van der Waals surface area contributed by atoms with Gasteiger partial charge in [0.2, 0.25) is 0 Å². The maximum Gasteiger partial charge on any atom is 0.129 e. The molecule has 0 aliphatic carbocycles. The molecule has 2 aromatic carbocycles. The summed E-state index contributed by atoms with van der Waals surface area (Å²) in [5.41, 5.74) is 1.12. The lowest BCUT2D eigenvalue weighted by molar-refractivity contribution is 0.461. The molecule has 2 aromatic rings. The third-order valence-electron chi connectivity index (χ3n) is 2.50. The van der Waals surface area contributed by atoms with Crippen molar-refractivity contribution in [2.24, 2.45) is 0 Å². The Morgan fingerprint density at radius 2 is 1.71 bits per heavy atom. The van der Waals surface area contributed by atoms with Gasteiger partial charge in [-0.2, -0.15) is 0 Å². The quantitative estimate of drug-likeness (QED) is 0.865. The first-order valence-electron chi connectivity index (χ1n) is 5.48. The highest BCUT2D eigenvalue weighted by Gasteiger charge is 2.04. The first-order valence-corrected chi connectivity index (χ1v) is 6.29. The van der Waals surface area contributed by atoms with E-state index < -0.39 is 0 Å². The summed E-state index contributed by atoms with van der Waals surface area (Å²) < 4.78 is 0. The minimum absolute atomic E-state index is 0.250. The number of hydrogen-bond acceptors (Lipinski definition) is 3. The molecule has 2 N–H and O–H groups in total. The zero-order valence-electron chi connectivity index (χ0n) is 9.55. The van der Waals surface area contributed by atoms with E-state index in [2.05, 4.69) is 6.92 Å². The van der Waals surface area contributed by atoms with E-state index in [0.29, 0.717) is 5.75 Å². The van der Waals surface area contributed by atoms with Crippen molar-refractivity contribution in [3.8, 4) is 11.5 Å². The van der Waals surface area contributed by atoms with Crippen LogP contribution in [0.2, 0.25) is 0 Å². The number of phenolic OH excluding ortho intramolecular Hbond substituents is 2. The minimum Gasteiger partial charge on any atom is -0.508 e. The van der Waals surface area contributed by atoms with Crippen molar-refractivity contribution < 1.29 is 10.2 Å². The largest absolute Gasteiger partial charge is 0.508 e. The molecular formula is C14H14O2S. The lowest BCUT2D eigenvalue weighted by Gasteiger charge is -2.06. The predicted molar refractivity (Wildman–Crippen MR) is 69.7 cm³/mol. The van der Waals surface area contributed by atoms with Crippen LogP contribution in [0.5, 0.6) is 11.5 Å². The molecule has 0 spiro atoms. The second-order valence-corrected chi connectivity index (χ2v) is 4.87. The van der Waals surface area contributed by atoms with Gasteiger partial charge in [-0.3, -0.25) is 0 Å². The van der Waals surface area contributed by atoms with Crippen LogP contribution in [0, 0.1) is 0 Å². The first kappa shape index (κ1) is 11.9. The normalized spacial score (nSPS) is 10.4. The highest BCUT2D eigenvalue weighted by Crippen LogP contribution is 2.35. The molecule has 2 rings (SSSR count). The van der Waals surface area contributed by atoms with Gasteiger partial charge in [0, 0.05) is 4.90 Å². The van der Waals surface area contributed by atoms with Gasteiger partial charge in [0.1, 0.15) is 11.5 Å². The Hall–Kier alpha value is -1.61. The van der Waals surface area contributed by atoms with Crippen LogP contribution >= 0.6 is 11.8 Å². The van der Waals surface area contributed by atoms with E-state index in [4.69, 9.17) is 0 Å². The molecule has 0 saturated heterocycles. The topological polar surface area (TPSA) is 40.5 Å². The molecule has 0 aromatic heterocycles. The molecule has 3 heteroatoms. The van der Waals surface area contributed by atoms with Crippen molar-refractivity contribution in [2.45, 2.75) is 23.1 Å². The molecule has 0 aliphatic rings. The van der Waals surface area contributed by atoms with Crippen molar-refractivity contribution in [3.05, 3.63) is 48.0 Å². The van der Waals surface area contributed by atoms with E-state index in [1.807, 2.05) is 24.3 Å². The standard InChI is InChI=1S/C14H14O2S/c1-2-10-3-8-14(13(16)9-10)17-12-6-4-11(15)5-7-12/h3-9,15-16H,2H2,1H3. The molecule has 0 aliphatic heterocycles. The number of aryl methyl sites for hydroxylation is 1. The van der Waals surface area contributed by atoms with E-state index >= 15 is 0 Å². The van der Waals surface area contributed by atoms with Gasteiger partial charge < -0.3 is 10.2 Å². The number of rotatable bonds is 3. The Balaban J connectivity index is 2.21. The summed E-state index contributed by atoms with van der Waals surface area (Å²) in [5, 5.41) is 19.1. The van der Waals surface area contributed by atoms with Gasteiger partial charge >= 0.3 is 0 Å². The molecule has 0 amide bonds. The van der Waals surface area contributed by atoms with Crippen LogP contribution in [0.4, 0.5) is 0 Å². The third-order valence-corrected chi connectivity index (χ3v) is 3.57. The van der Waals surface area contributed by atoms with Crippen LogP contribution in [0.1, 0.15) is 12.5 Å². The van der Waals surface area contributed by atoms with Crippen molar-refractivity contribution in [3.63, 3.8) is 0 Å². The molecule has 17 heavy (non-hydrogen) atoms. The fourth-order valence-corrected chi connectivity index (χ4v) is 2.34. The molecule has 2 nitrogen and oxygen atoms in total. The molecule has 0 radical (unpaired) electrons. The average Bonchev–Trinajstić information content (AvgIpc) is 2.34. The zero-order valence-corrected chi connectivity index (χ0v) is 10.4. The summed E-state index contributed by atoms with van der Waals surface area (Å²) in [6, 6.07) is 12.7. The van der Waals surface area contributed by atoms with E-state index in [9.17, 15) is 10.2 Å². The molecule has 0 heterocycles. The molecule has 0 saturated carbocycles. The second-order valence-electron chi connectivity index (χ2n) is 3.75. The number of phenols is 2. The SMILES string of the molecule is CCc1ccc(Sc2ccc(O)cc2)c(O)c1. The van der Waals surface area contributed by atoms with Crippen LogP contribution in [0.15, 0.2) is 52.3 Å². The monoisotopic (exact) mass is 246 g/mol. The molecule has 0 fully saturated rings. The Morgan fingerprint density at radius 3 is 2.29 bits per heavy atom. The van der Waals surface area contributed by atoms with E-state index in [1.54, 1.807) is 18.2 Å². The summed E-state index contributed by atoms with van der Waals surface area (Å²) in [6.45, 7) is 2.06. The van der Waals surface area contributed by atoms with Gasteiger partial charge in [-0.25, -0.2) is 0 Å². The number of hydrogen-bond donors (Lipinski definition) is 2. The lowest BCUT2D eigenvalue weighted by Crippen LogP contribution is -1.81. The molecule has 0 atom stereocenters. The van der Waals surface area contributed by atoms with Crippen LogP contribution in [0.3, 0.4) is 0 Å². The Morgan fingerprint density at radius 1 is 1.00 bits per heavy atom. The fraction of sp³-hybridized carbons (Fsp3) is 0.143. The number of aromatic hydroxyl groups is 2. The zero-order chi connectivity index (χ0) is 12.3. The molecule has 88 valence electrons. The summed E-state index contributed by atoms with van der Waals surface area (Å²) in [6.07, 6.45) is 0.914. The van der Waals surface area contributed by atoms with E-state index in [0.717, 1.165) is 21.8 Å². The molecular weight excluding hydrogens is 232 g/mol. The summed E-state index contributed by atoms with van der Waals surface area (Å²) >= 11 is 1.48. The summed E-state index contributed by atoms with van der Waals surface area (Å²) in [5.74, 6) is 0.558. The van der Waals surface area contributed by atoms with E-state index in [-0.39, 0.29) is 5.75 Å². The number of benzene rings is 2. The lowest BCUT2D eigenvalue weighted by atomic mass is 10.2. The predicted octanol–water partition coefficient (Wildman–Crippen LogP) is 3.81. The minimum atomic E-state index is 0.250. The van der Waals surface area contributed by atoms with Crippen molar-refractivity contribution in [1.29, 1.82) is 0 Å². The highest BCUT2D eigenvalue weighted by atomic mass is 32.2. The van der Waals surface area contributed by atoms with Gasteiger partial charge in [-0.15, -0.1) is 0 Å². The second kappa shape index (κ2) is 5.15. The summed E-state index contributed by atoms with van der Waals surface area (Å²) in [7, 11) is 0. The average molecular weight is 246 g/mol. The van der Waals surface area contributed by atoms with Gasteiger partial charge in [-0.05, 0) is 48.4 Å². The fourth-order valence-electron chi connectivity index (χ4n) is 1.51. The van der Waals surface area contributed by atoms with Crippen molar-refractivity contribution >= 4 is 11.8 Å². The van der Waals surface area contributed by atoms with Crippen LogP contribution in [-0.4, -0.2) is 10.2 Å². The van der Waals surface area contributed by atoms with Crippen LogP contribution in [0.25, 0.3) is 0 Å². The van der Waals surface area contributed by atoms with Crippen LogP contribution < -0.4 is 0 Å². The maximum atomic E-state index is 9.87. The Bertz CT molecular complexity index is 506. The third kappa shape index (κ3) is 2.94. The van der Waals surface area contributed by atoms with Gasteiger partial charge in [0.25, 0.3) is 0 Å². The highest BCUT2D eigenvalue weighted by molar-refractivity contribution is 7.99. The van der Waals surface area contributed by atoms with Crippen LogP contribution in [-0.2, 0) is 6.42 Å². The maximum absolute atomic E-state index is 9.87. The molecule has 0 unspecified atom stereocenters. The van der Waals surface area contributed by atoms with Crippen molar-refractivity contribution in [2.75, 3.05) is 0 Å².